The molecule has 0 fully saturated rings. The average Bonchev–Trinajstić information content (AvgIpc) is 3.06. The van der Waals surface area contributed by atoms with Crippen LogP contribution in [0.3, 0.4) is 0 Å². The van der Waals surface area contributed by atoms with Gasteiger partial charge in [-0.1, -0.05) is 37.3 Å². The minimum atomic E-state index is -0.461. The predicted octanol–water partition coefficient (Wildman–Crippen LogP) is 4.39. The number of fused-ring (bicyclic) bond motifs is 1. The van der Waals surface area contributed by atoms with E-state index in [2.05, 4.69) is 33.7 Å². The molecule has 136 valence electrons. The number of rotatable bonds is 6. The molecule has 0 spiro atoms. The lowest BCUT2D eigenvalue weighted by Crippen LogP contribution is -2.29. The summed E-state index contributed by atoms with van der Waals surface area (Å²) in [4.78, 5) is 21.3. The zero-order valence-corrected chi connectivity index (χ0v) is 15.3. The number of carbonyl (C=O) groups excluding carboxylic acids is 1. The molecule has 1 amide bonds. The first kappa shape index (κ1) is 17.9. The Labute approximate surface area is 153 Å². The van der Waals surface area contributed by atoms with Crippen LogP contribution in [0.2, 0.25) is 0 Å². The maximum absolute atomic E-state index is 12.2. The summed E-state index contributed by atoms with van der Waals surface area (Å²) in [5.41, 5.74) is 2.61. The number of pyridine rings is 1. The van der Waals surface area contributed by atoms with Crippen LogP contribution in [0, 0.1) is 0 Å². The third-order valence-corrected chi connectivity index (χ3v) is 4.44. The fourth-order valence-electron chi connectivity index (χ4n) is 2.88. The highest BCUT2D eigenvalue weighted by molar-refractivity contribution is 5.72. The lowest BCUT2D eigenvalue weighted by atomic mass is 10.2. The molecule has 1 N–H and O–H groups in total. The number of nitrogens with one attached hydrogen (secondary N) is 1. The van der Waals surface area contributed by atoms with Gasteiger partial charge in [0.05, 0.1) is 6.04 Å². The molecular formula is C20H24N4O2. The van der Waals surface area contributed by atoms with E-state index in [1.54, 1.807) is 6.20 Å². The molecular weight excluding hydrogens is 328 g/mol. The third kappa shape index (κ3) is 3.85. The summed E-state index contributed by atoms with van der Waals surface area (Å²) in [5.74, 6) is 0.782. The fourth-order valence-corrected chi connectivity index (χ4v) is 2.88. The van der Waals surface area contributed by atoms with Crippen molar-refractivity contribution in [3.63, 3.8) is 0 Å². The van der Waals surface area contributed by atoms with Crippen molar-refractivity contribution >= 4 is 17.3 Å². The number of carbonyl (C=O) groups is 1. The van der Waals surface area contributed by atoms with Crippen molar-refractivity contribution in [2.24, 2.45) is 0 Å². The van der Waals surface area contributed by atoms with Gasteiger partial charge >= 0.3 is 6.09 Å². The molecule has 0 aliphatic heterocycles. The van der Waals surface area contributed by atoms with Gasteiger partial charge in [-0.3, -0.25) is 0 Å². The van der Waals surface area contributed by atoms with Gasteiger partial charge in [0, 0.05) is 12.2 Å². The van der Waals surface area contributed by atoms with E-state index in [9.17, 15) is 4.79 Å². The number of amides is 1. The molecule has 0 bridgehead atoms. The van der Waals surface area contributed by atoms with E-state index >= 15 is 0 Å². The lowest BCUT2D eigenvalue weighted by Gasteiger charge is -2.19. The second-order valence-corrected chi connectivity index (χ2v) is 6.37. The molecule has 1 aromatic carbocycles. The maximum atomic E-state index is 12.2. The Morgan fingerprint density at radius 1 is 1.19 bits per heavy atom. The number of hydrogen-bond acceptors (Lipinski definition) is 4. The monoisotopic (exact) mass is 352 g/mol. The Morgan fingerprint density at radius 2 is 1.96 bits per heavy atom. The number of nitrogens with zero attached hydrogens (tertiary/aromatic N) is 3. The van der Waals surface area contributed by atoms with Crippen LogP contribution in [-0.4, -0.2) is 20.6 Å². The van der Waals surface area contributed by atoms with E-state index in [1.165, 1.54) is 0 Å². The molecule has 2 aromatic heterocycles. The summed E-state index contributed by atoms with van der Waals surface area (Å²) in [5, 5.41) is 2.87. The van der Waals surface area contributed by atoms with Crippen molar-refractivity contribution < 1.29 is 9.53 Å². The number of hydrogen-bond donors (Lipinski definition) is 1. The SMILES string of the molecule is CCC(C)n1c(C(C)NC(=O)OCc2ccccc2)nc2cccnc21. The molecule has 2 unspecified atom stereocenters. The number of ether oxygens (including phenoxy) is 1. The predicted molar refractivity (Wildman–Crippen MR) is 101 cm³/mol. The van der Waals surface area contributed by atoms with Crippen molar-refractivity contribution in [3.8, 4) is 0 Å². The van der Waals surface area contributed by atoms with E-state index in [0.29, 0.717) is 0 Å². The highest BCUT2D eigenvalue weighted by atomic mass is 16.5. The van der Waals surface area contributed by atoms with Gasteiger partial charge in [0.2, 0.25) is 0 Å². The van der Waals surface area contributed by atoms with Crippen LogP contribution in [0.1, 0.15) is 50.7 Å². The molecule has 0 saturated carbocycles. The van der Waals surface area contributed by atoms with Crippen LogP contribution in [0.25, 0.3) is 11.2 Å². The first-order valence-electron chi connectivity index (χ1n) is 8.90. The van der Waals surface area contributed by atoms with Crippen LogP contribution >= 0.6 is 0 Å². The number of imidazole rings is 1. The summed E-state index contributed by atoms with van der Waals surface area (Å²) in [6.45, 7) is 6.39. The van der Waals surface area contributed by atoms with Gasteiger partial charge in [-0.2, -0.15) is 0 Å². The van der Waals surface area contributed by atoms with Crippen LogP contribution in [0.15, 0.2) is 48.7 Å². The van der Waals surface area contributed by atoms with Gasteiger partial charge < -0.3 is 14.6 Å². The summed E-state index contributed by atoms with van der Waals surface area (Å²) in [7, 11) is 0. The number of alkyl carbamates (subject to hydrolysis) is 1. The minimum Gasteiger partial charge on any atom is -0.445 e. The zero-order valence-electron chi connectivity index (χ0n) is 15.3. The summed E-state index contributed by atoms with van der Waals surface area (Å²) >= 11 is 0. The Bertz CT molecular complexity index is 876. The van der Waals surface area contributed by atoms with E-state index in [-0.39, 0.29) is 18.7 Å². The molecule has 6 heteroatoms. The van der Waals surface area contributed by atoms with E-state index in [1.807, 2.05) is 49.4 Å². The van der Waals surface area contributed by atoms with Gasteiger partial charge in [0.15, 0.2) is 5.65 Å². The molecule has 3 aromatic rings. The Kier molecular flexibility index (Phi) is 5.51. The van der Waals surface area contributed by atoms with Crippen LogP contribution < -0.4 is 5.32 Å². The highest BCUT2D eigenvalue weighted by Gasteiger charge is 2.22. The van der Waals surface area contributed by atoms with Gasteiger partial charge in [-0.25, -0.2) is 14.8 Å². The Hall–Kier alpha value is -2.89. The van der Waals surface area contributed by atoms with Crippen molar-refractivity contribution in [2.45, 2.75) is 45.9 Å². The standard InChI is InChI=1S/C20H24N4O2/c1-4-14(2)24-18(23-17-11-8-12-21-19(17)24)15(3)22-20(25)26-13-16-9-6-5-7-10-16/h5-12,14-15H,4,13H2,1-3H3,(H,22,25). The van der Waals surface area contributed by atoms with Crippen molar-refractivity contribution in [1.82, 2.24) is 19.9 Å². The second kappa shape index (κ2) is 7.99. The zero-order chi connectivity index (χ0) is 18.5. The molecule has 0 radical (unpaired) electrons. The Balaban J connectivity index is 1.74. The minimum absolute atomic E-state index is 0.231. The average molecular weight is 352 g/mol. The maximum Gasteiger partial charge on any atom is 0.408 e. The van der Waals surface area contributed by atoms with Gasteiger partial charge in [-0.05, 0) is 38.0 Å². The van der Waals surface area contributed by atoms with Crippen LogP contribution in [0.4, 0.5) is 4.79 Å². The first-order valence-corrected chi connectivity index (χ1v) is 8.90. The summed E-state index contributed by atoms with van der Waals surface area (Å²) in [6, 6.07) is 13.4. The molecule has 2 heterocycles. The third-order valence-electron chi connectivity index (χ3n) is 4.44. The number of benzene rings is 1. The summed E-state index contributed by atoms with van der Waals surface area (Å²) in [6.07, 6.45) is 2.25. The van der Waals surface area contributed by atoms with E-state index < -0.39 is 6.09 Å². The van der Waals surface area contributed by atoms with E-state index in [4.69, 9.17) is 4.74 Å². The smallest absolute Gasteiger partial charge is 0.408 e. The van der Waals surface area contributed by atoms with Gasteiger partial charge in [-0.15, -0.1) is 0 Å². The largest absolute Gasteiger partial charge is 0.445 e. The van der Waals surface area contributed by atoms with Crippen molar-refractivity contribution in [1.29, 1.82) is 0 Å². The van der Waals surface area contributed by atoms with E-state index in [0.717, 1.165) is 29.0 Å². The molecule has 0 aliphatic carbocycles. The number of aromatic nitrogens is 3. The van der Waals surface area contributed by atoms with Gasteiger partial charge in [0.1, 0.15) is 17.9 Å². The van der Waals surface area contributed by atoms with Crippen LogP contribution in [0.5, 0.6) is 0 Å². The fraction of sp³-hybridized carbons (Fsp3) is 0.350. The topological polar surface area (TPSA) is 69.0 Å². The molecule has 26 heavy (non-hydrogen) atoms. The summed E-state index contributed by atoms with van der Waals surface area (Å²) < 4.78 is 7.41. The second-order valence-electron chi connectivity index (χ2n) is 6.37. The quantitative estimate of drug-likeness (QED) is 0.714. The normalized spacial score (nSPS) is 13.3. The molecule has 2 atom stereocenters. The van der Waals surface area contributed by atoms with Gasteiger partial charge in [0.25, 0.3) is 0 Å². The molecule has 0 aliphatic rings. The van der Waals surface area contributed by atoms with Crippen molar-refractivity contribution in [3.05, 3.63) is 60.0 Å². The molecule has 6 nitrogen and oxygen atoms in total. The highest BCUT2D eigenvalue weighted by Crippen LogP contribution is 2.25. The molecule has 3 rings (SSSR count). The first-order chi connectivity index (χ1) is 12.6. The van der Waals surface area contributed by atoms with Crippen molar-refractivity contribution in [2.75, 3.05) is 0 Å². The van der Waals surface area contributed by atoms with Crippen LogP contribution in [-0.2, 0) is 11.3 Å². The molecule has 0 saturated heterocycles. The Morgan fingerprint density at radius 3 is 2.69 bits per heavy atom. The lowest BCUT2D eigenvalue weighted by molar-refractivity contribution is 0.135.